The number of hydrogen-bond acceptors (Lipinski definition) is 1. The van der Waals surface area contributed by atoms with Crippen molar-refractivity contribution in [3.05, 3.63) is 60.7 Å². The summed E-state index contributed by atoms with van der Waals surface area (Å²) in [5.74, 6) is 0.820. The van der Waals surface area contributed by atoms with Crippen molar-refractivity contribution in [2.24, 2.45) is 0 Å². The normalized spacial score (nSPS) is 10.6. The highest BCUT2D eigenvalue weighted by Crippen LogP contribution is 2.58. The van der Waals surface area contributed by atoms with Crippen LogP contribution in [0.4, 0.5) is 0 Å². The van der Waals surface area contributed by atoms with E-state index in [1.807, 2.05) is 39.8 Å². The van der Waals surface area contributed by atoms with Crippen molar-refractivity contribution in [1.29, 1.82) is 0 Å². The summed E-state index contributed by atoms with van der Waals surface area (Å²) in [5, 5.41) is 9.35. The molecule has 0 aliphatic rings. The highest BCUT2D eigenvalue weighted by atomic mass is 32.3. The summed E-state index contributed by atoms with van der Waals surface area (Å²) < 4.78 is 0. The van der Waals surface area contributed by atoms with E-state index in [1.165, 1.54) is 9.79 Å². The van der Waals surface area contributed by atoms with Gasteiger partial charge < -0.3 is 5.11 Å². The molecule has 0 atom stereocenters. The van der Waals surface area contributed by atoms with Crippen LogP contribution < -0.4 is 0 Å². The Labute approximate surface area is 132 Å². The minimum atomic E-state index is -1.10. The SMILES string of the molecule is CC.CC.CS(CCO)(c1ccccc1)c1ccccc1. The minimum absolute atomic E-state index is 0.232. The fourth-order valence-electron chi connectivity index (χ4n) is 2.00. The van der Waals surface area contributed by atoms with Gasteiger partial charge in [0.15, 0.2) is 0 Å². The van der Waals surface area contributed by atoms with Crippen LogP contribution in [0.5, 0.6) is 0 Å². The van der Waals surface area contributed by atoms with Crippen molar-refractivity contribution in [2.75, 3.05) is 18.6 Å². The first-order valence-corrected chi connectivity index (χ1v) is 9.95. The van der Waals surface area contributed by atoms with Gasteiger partial charge in [0, 0.05) is 5.75 Å². The number of rotatable bonds is 4. The second kappa shape index (κ2) is 11.4. The third-order valence-electron chi connectivity index (χ3n) is 3.03. The molecule has 2 heteroatoms. The monoisotopic (exact) mass is 306 g/mol. The summed E-state index contributed by atoms with van der Waals surface area (Å²) in [4.78, 5) is 2.67. The molecule has 0 spiro atoms. The first kappa shape index (κ1) is 19.8. The number of aliphatic hydroxyl groups excluding tert-OH is 1. The van der Waals surface area contributed by atoms with Gasteiger partial charge in [0.05, 0.1) is 6.61 Å². The molecule has 0 aliphatic carbocycles. The lowest BCUT2D eigenvalue weighted by atomic mass is 10.4. The van der Waals surface area contributed by atoms with Crippen molar-refractivity contribution in [2.45, 2.75) is 37.5 Å². The topological polar surface area (TPSA) is 20.2 Å². The van der Waals surface area contributed by atoms with Crippen LogP contribution in [-0.2, 0) is 0 Å². The Bertz CT molecular complexity index is 414. The average molecular weight is 307 g/mol. The zero-order valence-corrected chi connectivity index (χ0v) is 14.9. The van der Waals surface area contributed by atoms with Crippen molar-refractivity contribution < 1.29 is 5.11 Å². The molecule has 0 fully saturated rings. The third-order valence-corrected chi connectivity index (χ3v) is 6.65. The van der Waals surface area contributed by atoms with Gasteiger partial charge in [0.25, 0.3) is 0 Å². The van der Waals surface area contributed by atoms with Crippen LogP contribution in [-0.4, -0.2) is 23.7 Å². The zero-order chi connectivity index (χ0) is 16.1. The molecule has 0 aromatic heterocycles. The molecule has 2 aromatic rings. The molecule has 0 amide bonds. The van der Waals surface area contributed by atoms with Crippen molar-refractivity contribution >= 4 is 10.0 Å². The molecule has 0 bridgehead atoms. The van der Waals surface area contributed by atoms with E-state index in [-0.39, 0.29) is 6.61 Å². The van der Waals surface area contributed by atoms with Crippen LogP contribution in [0.3, 0.4) is 0 Å². The number of hydrogen-bond donors (Lipinski definition) is 1. The van der Waals surface area contributed by atoms with Crippen molar-refractivity contribution in [1.82, 2.24) is 0 Å². The number of aliphatic hydroxyl groups is 1. The molecule has 2 aromatic carbocycles. The summed E-state index contributed by atoms with van der Waals surface area (Å²) in [6.07, 6.45) is 2.27. The smallest absolute Gasteiger partial charge is 0.0513 e. The fraction of sp³-hybridized carbons (Fsp3) is 0.368. The van der Waals surface area contributed by atoms with Gasteiger partial charge in [0.2, 0.25) is 0 Å². The van der Waals surface area contributed by atoms with Gasteiger partial charge in [-0.2, -0.15) is 10.0 Å². The lowest BCUT2D eigenvalue weighted by Crippen LogP contribution is -2.08. The highest BCUT2D eigenvalue weighted by molar-refractivity contribution is 8.33. The van der Waals surface area contributed by atoms with Crippen LogP contribution in [0.25, 0.3) is 0 Å². The third kappa shape index (κ3) is 5.56. The van der Waals surface area contributed by atoms with E-state index in [1.54, 1.807) is 0 Å². The van der Waals surface area contributed by atoms with Crippen LogP contribution in [0.1, 0.15) is 27.7 Å². The van der Waals surface area contributed by atoms with E-state index in [0.29, 0.717) is 0 Å². The van der Waals surface area contributed by atoms with Crippen molar-refractivity contribution in [3.63, 3.8) is 0 Å². The van der Waals surface area contributed by atoms with Gasteiger partial charge in [-0.25, -0.2) is 0 Å². The zero-order valence-electron chi connectivity index (χ0n) is 14.0. The molecule has 0 aliphatic heterocycles. The quantitative estimate of drug-likeness (QED) is 0.781. The van der Waals surface area contributed by atoms with E-state index in [2.05, 4.69) is 54.8 Å². The molecule has 0 radical (unpaired) electrons. The first-order valence-electron chi connectivity index (χ1n) is 7.74. The predicted molar refractivity (Wildman–Crippen MR) is 97.6 cm³/mol. The van der Waals surface area contributed by atoms with Gasteiger partial charge in [-0.1, -0.05) is 64.1 Å². The van der Waals surface area contributed by atoms with E-state index >= 15 is 0 Å². The van der Waals surface area contributed by atoms with E-state index in [0.717, 1.165) is 5.75 Å². The molecule has 118 valence electrons. The lowest BCUT2D eigenvalue weighted by Gasteiger charge is -2.36. The van der Waals surface area contributed by atoms with E-state index in [9.17, 15) is 5.11 Å². The molecular formula is C19H30OS. The maximum absolute atomic E-state index is 9.35. The molecule has 0 heterocycles. The van der Waals surface area contributed by atoms with Crippen molar-refractivity contribution in [3.8, 4) is 0 Å². The van der Waals surface area contributed by atoms with E-state index < -0.39 is 10.0 Å². The standard InChI is InChI=1S/C15H18OS.2C2H6/c1-17(13-12-16,14-8-4-2-5-9-14)15-10-6-3-7-11-15;2*1-2/h2-11,16H,12-13H2,1H3;2*1-2H3. The maximum Gasteiger partial charge on any atom is 0.0513 e. The Hall–Kier alpha value is -1.25. The second-order valence-electron chi connectivity index (χ2n) is 4.14. The van der Waals surface area contributed by atoms with Gasteiger partial charge in [0.1, 0.15) is 0 Å². The Morgan fingerprint density at radius 3 is 1.33 bits per heavy atom. The van der Waals surface area contributed by atoms with Crippen LogP contribution in [0.2, 0.25) is 0 Å². The molecular weight excluding hydrogens is 276 g/mol. The van der Waals surface area contributed by atoms with Crippen LogP contribution in [0.15, 0.2) is 70.5 Å². The lowest BCUT2D eigenvalue weighted by molar-refractivity contribution is 0.321. The summed E-state index contributed by atoms with van der Waals surface area (Å²) >= 11 is 0. The first-order chi connectivity index (χ1) is 10.3. The maximum atomic E-state index is 9.35. The molecule has 2 rings (SSSR count). The second-order valence-corrected chi connectivity index (χ2v) is 7.67. The minimum Gasteiger partial charge on any atom is -0.396 e. The fourth-order valence-corrected chi connectivity index (χ4v) is 4.62. The molecule has 0 saturated heterocycles. The summed E-state index contributed by atoms with van der Waals surface area (Å²) in [6.45, 7) is 8.23. The largest absolute Gasteiger partial charge is 0.396 e. The predicted octanol–water partition coefficient (Wildman–Crippen LogP) is 5.58. The summed E-state index contributed by atoms with van der Waals surface area (Å²) in [5.41, 5.74) is 0. The van der Waals surface area contributed by atoms with Gasteiger partial charge in [-0.3, -0.25) is 0 Å². The summed E-state index contributed by atoms with van der Waals surface area (Å²) in [7, 11) is -1.10. The van der Waals surface area contributed by atoms with Gasteiger partial charge >= 0.3 is 0 Å². The van der Waals surface area contributed by atoms with Gasteiger partial charge in [-0.05, 0) is 40.3 Å². The molecule has 0 saturated carbocycles. The Morgan fingerprint density at radius 2 is 1.05 bits per heavy atom. The Morgan fingerprint density at radius 1 is 0.714 bits per heavy atom. The Kier molecular flexibility index (Phi) is 10.7. The Balaban J connectivity index is 0.000000921. The molecule has 0 unspecified atom stereocenters. The number of benzene rings is 2. The van der Waals surface area contributed by atoms with Crippen LogP contribution in [0, 0.1) is 0 Å². The molecule has 1 N–H and O–H groups in total. The van der Waals surface area contributed by atoms with Crippen LogP contribution >= 0.6 is 10.0 Å². The average Bonchev–Trinajstić information content (AvgIpc) is 2.60. The highest BCUT2D eigenvalue weighted by Gasteiger charge is 2.22. The molecule has 21 heavy (non-hydrogen) atoms. The molecule has 1 nitrogen and oxygen atoms in total. The summed E-state index contributed by atoms with van der Waals surface area (Å²) in [6, 6.07) is 21.0. The van der Waals surface area contributed by atoms with E-state index in [4.69, 9.17) is 0 Å². The van der Waals surface area contributed by atoms with Gasteiger partial charge in [-0.15, -0.1) is 0 Å².